The lowest BCUT2D eigenvalue weighted by Gasteiger charge is -2.55. The molecule has 13 nitrogen and oxygen atoms in total. The number of carbonyl (C=O) groups is 3. The van der Waals surface area contributed by atoms with E-state index in [9.17, 15) is 24.5 Å². The van der Waals surface area contributed by atoms with Crippen molar-refractivity contribution in [3.8, 4) is 0 Å². The van der Waals surface area contributed by atoms with Crippen molar-refractivity contribution >= 4 is 70.2 Å². The van der Waals surface area contributed by atoms with Crippen LogP contribution in [0.2, 0.25) is 0 Å². The van der Waals surface area contributed by atoms with E-state index < -0.39 is 44.4 Å². The molecule has 1 fully saturated rings. The zero-order valence-electron chi connectivity index (χ0n) is 19.9. The van der Waals surface area contributed by atoms with Gasteiger partial charge in [-0.2, -0.15) is 0 Å². The highest BCUT2D eigenvalue weighted by Crippen LogP contribution is 2.47. The van der Waals surface area contributed by atoms with Crippen LogP contribution in [0.3, 0.4) is 0 Å². The maximum Gasteiger partial charge on any atom is 0.410 e. The highest BCUT2D eigenvalue weighted by Gasteiger charge is 2.67. The van der Waals surface area contributed by atoms with Crippen molar-refractivity contribution in [3.63, 3.8) is 0 Å². The van der Waals surface area contributed by atoms with E-state index in [1.165, 1.54) is 50.2 Å². The number of amides is 2. The molecule has 38 heavy (non-hydrogen) atoms. The lowest BCUT2D eigenvalue weighted by molar-refractivity contribution is -0.384. The Morgan fingerprint density at radius 1 is 1.21 bits per heavy atom. The number of thioether (sulfide) groups is 1. The maximum atomic E-state index is 13.3. The average molecular weight is 615 g/mol. The minimum atomic E-state index is -1.88. The maximum absolute atomic E-state index is 13.3. The smallest absolute Gasteiger partial charge is 0.410 e. The summed E-state index contributed by atoms with van der Waals surface area (Å²) in [5.41, 5.74) is -1.20. The van der Waals surface area contributed by atoms with E-state index in [-0.39, 0.29) is 37.1 Å². The van der Waals surface area contributed by atoms with E-state index in [0.29, 0.717) is 11.1 Å². The molecular formula is C21H22Cl3N3O10S. The summed E-state index contributed by atoms with van der Waals surface area (Å²) in [6, 6.07) is 5.39. The number of nitro benzene ring substituents is 1. The summed E-state index contributed by atoms with van der Waals surface area (Å²) < 4.78 is 24.0. The van der Waals surface area contributed by atoms with Crippen molar-refractivity contribution in [1.82, 2.24) is 10.2 Å². The quantitative estimate of drug-likeness (QED) is 0.0744. The molecule has 0 spiro atoms. The largest absolute Gasteiger partial charge is 0.456 e. The fraction of sp³-hybridized carbons (Fsp3) is 0.476. The number of hydrogen-bond acceptors (Lipinski definition) is 11. The van der Waals surface area contributed by atoms with E-state index in [1.54, 1.807) is 0 Å². The molecule has 2 atom stereocenters. The molecule has 2 aliphatic rings. The van der Waals surface area contributed by atoms with Crippen LogP contribution < -0.4 is 5.32 Å². The molecule has 0 aliphatic carbocycles. The first-order chi connectivity index (χ1) is 17.9. The summed E-state index contributed by atoms with van der Waals surface area (Å²) in [5, 5.41) is 12.3. The Morgan fingerprint density at radius 3 is 2.47 bits per heavy atom. The number of nitrogens with zero attached hydrogens (tertiary/aromatic N) is 2. The number of β-lactam (4-membered cyclic amide) rings is 1. The Bertz CT molecular complexity index is 1110. The van der Waals surface area contributed by atoms with E-state index in [1.807, 2.05) is 0 Å². The summed E-state index contributed by atoms with van der Waals surface area (Å²) >= 11 is 18.3. The number of methoxy groups -OCH3 is 2. The number of hydrogen-bond donors (Lipinski definition) is 1. The summed E-state index contributed by atoms with van der Waals surface area (Å²) in [6.45, 7) is -0.921. The Balaban J connectivity index is 1.74. The van der Waals surface area contributed by atoms with E-state index in [4.69, 9.17) is 58.5 Å². The van der Waals surface area contributed by atoms with Gasteiger partial charge >= 0.3 is 12.1 Å². The van der Waals surface area contributed by atoms with Gasteiger partial charge in [-0.3, -0.25) is 25.1 Å². The molecule has 2 aliphatic heterocycles. The van der Waals surface area contributed by atoms with E-state index in [0.717, 1.165) is 4.90 Å². The van der Waals surface area contributed by atoms with Gasteiger partial charge in [0, 0.05) is 32.1 Å². The molecule has 208 valence electrons. The molecule has 0 unspecified atom stereocenters. The van der Waals surface area contributed by atoms with Gasteiger partial charge in [-0.1, -0.05) is 34.8 Å². The first-order valence-electron chi connectivity index (χ1n) is 10.6. The second-order valence-electron chi connectivity index (χ2n) is 7.80. The minimum Gasteiger partial charge on any atom is -0.456 e. The molecule has 1 saturated heterocycles. The molecule has 0 radical (unpaired) electrons. The number of ether oxygens (including phenoxy) is 5. The number of non-ortho nitro benzene ring substituents is 1. The number of rotatable bonds is 11. The number of benzene rings is 1. The molecule has 3 rings (SSSR count). The van der Waals surface area contributed by atoms with Gasteiger partial charge in [0.15, 0.2) is 0 Å². The van der Waals surface area contributed by atoms with E-state index in [2.05, 4.69) is 5.32 Å². The first kappa shape index (κ1) is 30.2. The van der Waals surface area contributed by atoms with Crippen LogP contribution in [0.4, 0.5) is 10.5 Å². The van der Waals surface area contributed by atoms with Gasteiger partial charge < -0.3 is 23.7 Å². The van der Waals surface area contributed by atoms with Crippen LogP contribution in [0.25, 0.3) is 0 Å². The molecule has 0 bridgehead atoms. The Kier molecular flexibility index (Phi) is 10.1. The second kappa shape index (κ2) is 12.7. The van der Waals surface area contributed by atoms with Gasteiger partial charge in [-0.15, -0.1) is 11.8 Å². The number of alkyl carbamates (subject to hydrolysis) is 1. The van der Waals surface area contributed by atoms with Crippen LogP contribution in [0.1, 0.15) is 5.56 Å². The number of esters is 1. The molecule has 2 amide bonds. The molecule has 0 aromatic heterocycles. The van der Waals surface area contributed by atoms with Gasteiger partial charge in [0.2, 0.25) is 3.79 Å². The number of carbonyl (C=O) groups excluding carboxylic acids is 3. The molecule has 2 heterocycles. The zero-order valence-corrected chi connectivity index (χ0v) is 23.0. The van der Waals surface area contributed by atoms with Crippen molar-refractivity contribution in [2.75, 3.05) is 40.0 Å². The number of alkyl halides is 3. The highest BCUT2D eigenvalue weighted by atomic mass is 35.6. The monoisotopic (exact) mass is 613 g/mol. The molecule has 17 heteroatoms. The van der Waals surface area contributed by atoms with Crippen molar-refractivity contribution in [3.05, 3.63) is 51.2 Å². The van der Waals surface area contributed by atoms with Crippen molar-refractivity contribution < 1.29 is 43.0 Å². The number of nitrogens with one attached hydrogen (secondary N) is 1. The first-order valence-corrected chi connectivity index (χ1v) is 12.8. The van der Waals surface area contributed by atoms with Gasteiger partial charge in [0.05, 0.1) is 11.5 Å². The van der Waals surface area contributed by atoms with Crippen molar-refractivity contribution in [2.24, 2.45) is 0 Å². The third-order valence-electron chi connectivity index (χ3n) is 5.27. The fourth-order valence-electron chi connectivity index (χ4n) is 3.56. The number of fused-ring (bicyclic) bond motifs is 1. The van der Waals surface area contributed by atoms with Crippen LogP contribution in [-0.2, 0) is 39.9 Å². The molecular weight excluding hydrogens is 593 g/mol. The van der Waals surface area contributed by atoms with Gasteiger partial charge in [-0.05, 0) is 23.3 Å². The Morgan fingerprint density at radius 2 is 1.89 bits per heavy atom. The molecule has 1 aromatic carbocycles. The topological polar surface area (TPSA) is 156 Å². The van der Waals surface area contributed by atoms with Gasteiger partial charge in [-0.25, -0.2) is 9.59 Å². The lowest BCUT2D eigenvalue weighted by atomic mass is 9.98. The third kappa shape index (κ3) is 6.81. The Labute approximate surface area is 235 Å². The molecule has 1 N–H and O–H groups in total. The highest BCUT2D eigenvalue weighted by molar-refractivity contribution is 8.00. The number of halogens is 3. The average Bonchev–Trinajstić information content (AvgIpc) is 2.88. The van der Waals surface area contributed by atoms with Crippen LogP contribution in [0, 0.1) is 10.1 Å². The summed E-state index contributed by atoms with van der Waals surface area (Å²) in [5.74, 6) is -1.49. The SMILES string of the molecule is COCOCC1=C(C(=O)OCC(Cl)(Cl)Cl)N2C(=O)[C@](NC(=O)OCc3ccc([N+](=O)[O-])cc3)(OC)[C@H]2SC1. The van der Waals surface area contributed by atoms with Crippen molar-refractivity contribution in [1.29, 1.82) is 0 Å². The standard InChI is InChI=1S/C21H22Cl3N3O10S/c1-33-11-35-8-13-9-38-18-21(34-2,17(29)26(18)15(13)16(28)37-10-20(22,23)24)25-19(30)36-7-12-3-5-14(6-4-12)27(31)32/h3-6,18H,7-11H2,1-2H3,(H,25,30)/t18-,21+/m1/s1. The van der Waals surface area contributed by atoms with Crippen LogP contribution in [0.5, 0.6) is 0 Å². The normalized spacial score (nSPS) is 20.9. The summed E-state index contributed by atoms with van der Waals surface area (Å²) in [7, 11) is 2.64. The molecule has 0 saturated carbocycles. The third-order valence-corrected chi connectivity index (χ3v) is 6.98. The van der Waals surface area contributed by atoms with Gasteiger partial charge in [0.1, 0.15) is 31.1 Å². The predicted molar refractivity (Wildman–Crippen MR) is 135 cm³/mol. The minimum absolute atomic E-state index is 0.0553. The summed E-state index contributed by atoms with van der Waals surface area (Å²) in [6.07, 6.45) is -0.989. The molecule has 1 aromatic rings. The number of nitro groups is 1. The lowest BCUT2D eigenvalue weighted by Crippen LogP contribution is -2.80. The second-order valence-corrected chi connectivity index (χ2v) is 11.4. The van der Waals surface area contributed by atoms with E-state index >= 15 is 0 Å². The van der Waals surface area contributed by atoms with Crippen molar-refractivity contribution in [2.45, 2.75) is 21.5 Å². The predicted octanol–water partition coefficient (Wildman–Crippen LogP) is 2.87. The van der Waals surface area contributed by atoms with Crippen LogP contribution >= 0.6 is 46.6 Å². The zero-order chi connectivity index (χ0) is 28.1. The van der Waals surface area contributed by atoms with Crippen LogP contribution in [-0.4, -0.2) is 82.7 Å². The Hall–Kier alpha value is -2.33. The van der Waals surface area contributed by atoms with Gasteiger partial charge in [0.25, 0.3) is 17.3 Å². The fourth-order valence-corrected chi connectivity index (χ4v) is 5.14. The van der Waals surface area contributed by atoms with Crippen LogP contribution in [0.15, 0.2) is 35.5 Å². The summed E-state index contributed by atoms with van der Waals surface area (Å²) in [4.78, 5) is 50.1.